The standard InChI is InChI=1S/C23H31N3O3S/c1-3-4-16-26-17-14-20(15-18-26)24-23(27)19-10-12-22(13-11-19)30(28,29)25(2)21-8-6-5-7-9-21/h5-13,20H,3-4,14-18H2,1-2H3,(H,24,27). The van der Waals surface area contributed by atoms with Gasteiger partial charge >= 0.3 is 0 Å². The Morgan fingerprint density at radius 1 is 1.07 bits per heavy atom. The number of benzene rings is 2. The molecular weight excluding hydrogens is 398 g/mol. The number of para-hydroxylation sites is 1. The van der Waals surface area contributed by atoms with Crippen molar-refractivity contribution in [2.45, 2.75) is 43.5 Å². The van der Waals surface area contributed by atoms with Gasteiger partial charge in [-0.05, 0) is 62.2 Å². The predicted octanol–water partition coefficient (Wildman–Crippen LogP) is 3.51. The summed E-state index contributed by atoms with van der Waals surface area (Å²) in [6.45, 7) is 5.34. The van der Waals surface area contributed by atoms with E-state index in [-0.39, 0.29) is 16.8 Å². The molecule has 1 heterocycles. The van der Waals surface area contributed by atoms with Crippen LogP contribution in [0.25, 0.3) is 0 Å². The minimum Gasteiger partial charge on any atom is -0.349 e. The summed E-state index contributed by atoms with van der Waals surface area (Å²) in [6, 6.07) is 15.2. The molecule has 0 unspecified atom stereocenters. The van der Waals surface area contributed by atoms with E-state index < -0.39 is 10.0 Å². The zero-order valence-corrected chi connectivity index (χ0v) is 18.6. The molecule has 0 atom stereocenters. The third-order valence-electron chi connectivity index (χ3n) is 5.65. The molecule has 0 aromatic heterocycles. The largest absolute Gasteiger partial charge is 0.349 e. The number of unbranched alkanes of at least 4 members (excludes halogenated alkanes) is 1. The average molecular weight is 430 g/mol. The van der Waals surface area contributed by atoms with Crippen LogP contribution in [0.2, 0.25) is 0 Å². The molecule has 0 spiro atoms. The lowest BCUT2D eigenvalue weighted by atomic mass is 10.0. The van der Waals surface area contributed by atoms with Crippen LogP contribution < -0.4 is 9.62 Å². The molecule has 1 fully saturated rings. The average Bonchev–Trinajstić information content (AvgIpc) is 2.78. The molecule has 30 heavy (non-hydrogen) atoms. The number of sulfonamides is 1. The van der Waals surface area contributed by atoms with Gasteiger partial charge in [-0.1, -0.05) is 31.5 Å². The van der Waals surface area contributed by atoms with Gasteiger partial charge in [0.25, 0.3) is 15.9 Å². The van der Waals surface area contributed by atoms with E-state index in [0.29, 0.717) is 11.3 Å². The molecule has 162 valence electrons. The number of carbonyl (C=O) groups is 1. The number of hydrogen-bond acceptors (Lipinski definition) is 4. The van der Waals surface area contributed by atoms with Gasteiger partial charge in [-0.3, -0.25) is 9.10 Å². The van der Waals surface area contributed by atoms with Gasteiger partial charge in [-0.25, -0.2) is 8.42 Å². The van der Waals surface area contributed by atoms with Crippen LogP contribution in [0.5, 0.6) is 0 Å². The van der Waals surface area contributed by atoms with E-state index in [4.69, 9.17) is 0 Å². The summed E-state index contributed by atoms with van der Waals surface area (Å²) in [5.74, 6) is -0.151. The number of piperidine rings is 1. The lowest BCUT2D eigenvalue weighted by Crippen LogP contribution is -2.44. The molecule has 0 radical (unpaired) electrons. The molecule has 2 aromatic carbocycles. The number of nitrogens with zero attached hydrogens (tertiary/aromatic N) is 2. The second-order valence-electron chi connectivity index (χ2n) is 7.78. The first-order valence-corrected chi connectivity index (χ1v) is 12.0. The highest BCUT2D eigenvalue weighted by Gasteiger charge is 2.23. The molecule has 1 N–H and O–H groups in total. The van der Waals surface area contributed by atoms with Gasteiger partial charge in [0, 0.05) is 31.7 Å². The van der Waals surface area contributed by atoms with Crippen LogP contribution in [0.3, 0.4) is 0 Å². The van der Waals surface area contributed by atoms with Crippen LogP contribution in [0.15, 0.2) is 59.5 Å². The highest BCUT2D eigenvalue weighted by Crippen LogP contribution is 2.22. The van der Waals surface area contributed by atoms with Crippen LogP contribution in [0.1, 0.15) is 43.0 Å². The van der Waals surface area contributed by atoms with Crippen LogP contribution in [-0.4, -0.2) is 51.9 Å². The fourth-order valence-corrected chi connectivity index (χ4v) is 4.86. The molecule has 2 aromatic rings. The van der Waals surface area contributed by atoms with Crippen molar-refractivity contribution in [3.63, 3.8) is 0 Å². The van der Waals surface area contributed by atoms with E-state index in [1.807, 2.05) is 6.07 Å². The van der Waals surface area contributed by atoms with Crippen molar-refractivity contribution in [1.29, 1.82) is 0 Å². The fraction of sp³-hybridized carbons (Fsp3) is 0.435. The highest BCUT2D eigenvalue weighted by atomic mass is 32.2. The van der Waals surface area contributed by atoms with Gasteiger partial charge in [-0.15, -0.1) is 0 Å². The normalized spacial score (nSPS) is 15.7. The summed E-state index contributed by atoms with van der Waals surface area (Å²) in [6.07, 6.45) is 4.31. The van der Waals surface area contributed by atoms with Gasteiger partial charge in [0.05, 0.1) is 10.6 Å². The maximum absolute atomic E-state index is 12.9. The molecule has 7 heteroatoms. The van der Waals surface area contributed by atoms with E-state index >= 15 is 0 Å². The van der Waals surface area contributed by atoms with Crippen molar-refractivity contribution in [1.82, 2.24) is 10.2 Å². The smallest absolute Gasteiger partial charge is 0.264 e. The Hall–Kier alpha value is -2.38. The van der Waals surface area contributed by atoms with E-state index in [0.717, 1.165) is 32.5 Å². The maximum Gasteiger partial charge on any atom is 0.264 e. The van der Waals surface area contributed by atoms with E-state index in [1.54, 1.807) is 36.4 Å². The summed E-state index contributed by atoms with van der Waals surface area (Å²) in [4.78, 5) is 15.2. The summed E-state index contributed by atoms with van der Waals surface area (Å²) in [5, 5.41) is 3.09. The van der Waals surface area contributed by atoms with Crippen molar-refractivity contribution in [3.8, 4) is 0 Å². The van der Waals surface area contributed by atoms with E-state index in [2.05, 4.69) is 17.1 Å². The molecule has 6 nitrogen and oxygen atoms in total. The highest BCUT2D eigenvalue weighted by molar-refractivity contribution is 7.92. The molecule has 3 rings (SSSR count). The minimum absolute atomic E-state index is 0.151. The maximum atomic E-state index is 12.9. The predicted molar refractivity (Wildman–Crippen MR) is 120 cm³/mol. The lowest BCUT2D eigenvalue weighted by Gasteiger charge is -2.32. The number of anilines is 1. The van der Waals surface area contributed by atoms with Crippen LogP contribution in [0.4, 0.5) is 5.69 Å². The van der Waals surface area contributed by atoms with Crippen molar-refractivity contribution in [3.05, 3.63) is 60.2 Å². The van der Waals surface area contributed by atoms with E-state index in [9.17, 15) is 13.2 Å². The Kier molecular flexibility index (Phi) is 7.50. The Balaban J connectivity index is 1.59. The number of likely N-dealkylation sites (tertiary alicyclic amines) is 1. The second kappa shape index (κ2) is 10.1. The van der Waals surface area contributed by atoms with Crippen molar-refractivity contribution < 1.29 is 13.2 Å². The van der Waals surface area contributed by atoms with Gasteiger partial charge in [0.1, 0.15) is 0 Å². The number of rotatable bonds is 8. The topological polar surface area (TPSA) is 69.7 Å². The first-order valence-electron chi connectivity index (χ1n) is 10.6. The first kappa shape index (κ1) is 22.3. The molecule has 1 saturated heterocycles. The third-order valence-corrected chi connectivity index (χ3v) is 7.45. The molecule has 1 aliphatic heterocycles. The zero-order valence-electron chi connectivity index (χ0n) is 17.8. The number of hydrogen-bond donors (Lipinski definition) is 1. The fourth-order valence-electron chi connectivity index (χ4n) is 3.66. The summed E-state index contributed by atoms with van der Waals surface area (Å²) >= 11 is 0. The van der Waals surface area contributed by atoms with Crippen molar-refractivity contribution in [2.75, 3.05) is 31.0 Å². The number of amides is 1. The summed E-state index contributed by atoms with van der Waals surface area (Å²) in [5.41, 5.74) is 1.06. The Morgan fingerprint density at radius 2 is 1.70 bits per heavy atom. The van der Waals surface area contributed by atoms with Crippen LogP contribution >= 0.6 is 0 Å². The van der Waals surface area contributed by atoms with Crippen LogP contribution in [0, 0.1) is 0 Å². The third kappa shape index (κ3) is 5.40. The monoisotopic (exact) mass is 429 g/mol. The molecule has 0 saturated carbocycles. The molecule has 1 amide bonds. The Bertz CT molecular complexity index is 922. The SMILES string of the molecule is CCCCN1CCC(NC(=O)c2ccc(S(=O)(=O)N(C)c3ccccc3)cc2)CC1. The first-order chi connectivity index (χ1) is 14.4. The molecule has 0 aliphatic carbocycles. The van der Waals surface area contributed by atoms with Crippen LogP contribution in [-0.2, 0) is 10.0 Å². The van der Waals surface area contributed by atoms with E-state index in [1.165, 1.54) is 36.3 Å². The van der Waals surface area contributed by atoms with Gasteiger partial charge in [-0.2, -0.15) is 0 Å². The Morgan fingerprint density at radius 3 is 2.30 bits per heavy atom. The lowest BCUT2D eigenvalue weighted by molar-refractivity contribution is 0.0910. The summed E-state index contributed by atoms with van der Waals surface area (Å²) < 4.78 is 27.0. The number of carbonyl (C=O) groups excluding carboxylic acids is 1. The Labute approximate surface area is 179 Å². The molecule has 1 aliphatic rings. The second-order valence-corrected chi connectivity index (χ2v) is 9.74. The summed E-state index contributed by atoms with van der Waals surface area (Å²) in [7, 11) is -2.15. The molecule has 0 bridgehead atoms. The number of nitrogens with one attached hydrogen (secondary N) is 1. The van der Waals surface area contributed by atoms with Gasteiger partial charge in [0.15, 0.2) is 0 Å². The van der Waals surface area contributed by atoms with Crippen molar-refractivity contribution in [2.24, 2.45) is 0 Å². The minimum atomic E-state index is -3.68. The van der Waals surface area contributed by atoms with Crippen molar-refractivity contribution >= 4 is 21.6 Å². The quantitative estimate of drug-likeness (QED) is 0.697. The van der Waals surface area contributed by atoms with Gasteiger partial charge < -0.3 is 10.2 Å². The molecular formula is C23H31N3O3S. The van der Waals surface area contributed by atoms with Gasteiger partial charge in [0.2, 0.25) is 0 Å². The zero-order chi connectivity index (χ0) is 21.6.